The fourth-order valence-corrected chi connectivity index (χ4v) is 5.40. The molecule has 186 valence electrons. The normalized spacial score (nSPS) is 16.7. The number of hydrogen-bond acceptors (Lipinski definition) is 4. The molecule has 3 N–H and O–H groups in total. The topological polar surface area (TPSA) is 105 Å². The van der Waals surface area contributed by atoms with E-state index >= 15 is 0 Å². The summed E-state index contributed by atoms with van der Waals surface area (Å²) in [5.74, 6) is -1.35. The van der Waals surface area contributed by atoms with E-state index in [-0.39, 0.29) is 25.0 Å². The Labute approximate surface area is 206 Å². The van der Waals surface area contributed by atoms with Gasteiger partial charge in [0.2, 0.25) is 5.91 Å². The number of carboxylic acids is 1. The van der Waals surface area contributed by atoms with Crippen molar-refractivity contribution in [1.29, 1.82) is 0 Å². The summed E-state index contributed by atoms with van der Waals surface area (Å²) in [6.07, 6.45) is 4.38. The monoisotopic (exact) mass is 478 g/mol. The lowest BCUT2D eigenvalue weighted by molar-refractivity contribution is -0.144. The molecule has 0 bridgehead atoms. The van der Waals surface area contributed by atoms with Crippen LogP contribution in [0.4, 0.5) is 4.79 Å². The second-order valence-corrected chi connectivity index (χ2v) is 9.67. The molecule has 0 unspecified atom stereocenters. The van der Waals surface area contributed by atoms with Crippen LogP contribution in [0.15, 0.2) is 48.5 Å². The fraction of sp³-hybridized carbons (Fsp3) is 0.464. The SMILES string of the molecule is CCCC[C@H](NC(=O)C1(CNC(=O)OCC2c3ccccc3-c3ccccc32)CCCC1)C(=O)O. The molecule has 0 radical (unpaired) electrons. The van der Waals surface area contributed by atoms with Crippen LogP contribution >= 0.6 is 0 Å². The summed E-state index contributed by atoms with van der Waals surface area (Å²) in [5, 5.41) is 15.0. The number of carbonyl (C=O) groups is 3. The molecular formula is C28H34N2O5. The number of rotatable bonds is 10. The van der Waals surface area contributed by atoms with E-state index < -0.39 is 23.5 Å². The van der Waals surface area contributed by atoms with Crippen molar-refractivity contribution in [3.8, 4) is 11.1 Å². The molecule has 2 amide bonds. The quantitative estimate of drug-likeness (QED) is 0.453. The van der Waals surface area contributed by atoms with Gasteiger partial charge in [0.05, 0.1) is 5.41 Å². The lowest BCUT2D eigenvalue weighted by atomic mass is 9.84. The summed E-state index contributed by atoms with van der Waals surface area (Å²) in [4.78, 5) is 37.4. The Morgan fingerprint density at radius 1 is 1.03 bits per heavy atom. The van der Waals surface area contributed by atoms with Crippen LogP contribution in [0.5, 0.6) is 0 Å². The van der Waals surface area contributed by atoms with Crippen LogP contribution in [0.3, 0.4) is 0 Å². The highest BCUT2D eigenvalue weighted by Gasteiger charge is 2.43. The van der Waals surface area contributed by atoms with Gasteiger partial charge in [-0.15, -0.1) is 0 Å². The summed E-state index contributed by atoms with van der Waals surface area (Å²) in [6.45, 7) is 2.32. The number of benzene rings is 2. The van der Waals surface area contributed by atoms with Gasteiger partial charge in [-0.05, 0) is 41.5 Å². The molecule has 1 saturated carbocycles. The minimum atomic E-state index is -1.02. The number of ether oxygens (including phenoxy) is 1. The number of carboxylic acid groups (broad SMARTS) is 1. The van der Waals surface area contributed by atoms with Crippen LogP contribution in [-0.4, -0.2) is 42.3 Å². The Morgan fingerprint density at radius 3 is 2.20 bits per heavy atom. The van der Waals surface area contributed by atoms with Crippen LogP contribution in [0.2, 0.25) is 0 Å². The third-order valence-electron chi connectivity index (χ3n) is 7.41. The molecule has 2 aliphatic rings. The molecule has 2 aromatic rings. The van der Waals surface area contributed by atoms with Gasteiger partial charge in [-0.3, -0.25) is 4.79 Å². The van der Waals surface area contributed by atoms with E-state index in [4.69, 9.17) is 4.74 Å². The fourth-order valence-electron chi connectivity index (χ4n) is 5.40. The first-order chi connectivity index (χ1) is 16.9. The number of amides is 2. The smallest absolute Gasteiger partial charge is 0.407 e. The predicted molar refractivity (Wildman–Crippen MR) is 133 cm³/mol. The Balaban J connectivity index is 1.36. The van der Waals surface area contributed by atoms with E-state index in [2.05, 4.69) is 34.9 Å². The lowest BCUT2D eigenvalue weighted by Gasteiger charge is -2.29. The van der Waals surface area contributed by atoms with Crippen molar-refractivity contribution in [2.24, 2.45) is 5.41 Å². The molecule has 0 spiro atoms. The van der Waals surface area contributed by atoms with Gasteiger partial charge < -0.3 is 20.5 Å². The van der Waals surface area contributed by atoms with Gasteiger partial charge >= 0.3 is 12.1 Å². The van der Waals surface area contributed by atoms with Crippen molar-refractivity contribution in [3.63, 3.8) is 0 Å². The molecule has 1 fully saturated rings. The zero-order valence-corrected chi connectivity index (χ0v) is 20.2. The van der Waals surface area contributed by atoms with E-state index in [1.165, 1.54) is 0 Å². The number of alkyl carbamates (subject to hydrolysis) is 1. The largest absolute Gasteiger partial charge is 0.480 e. The number of carbonyl (C=O) groups excluding carboxylic acids is 2. The first-order valence-electron chi connectivity index (χ1n) is 12.6. The van der Waals surface area contributed by atoms with Crippen molar-refractivity contribution < 1.29 is 24.2 Å². The summed E-state index contributed by atoms with van der Waals surface area (Å²) >= 11 is 0. The second-order valence-electron chi connectivity index (χ2n) is 9.67. The number of nitrogens with one attached hydrogen (secondary N) is 2. The van der Waals surface area contributed by atoms with Crippen LogP contribution < -0.4 is 10.6 Å². The molecule has 7 heteroatoms. The van der Waals surface area contributed by atoms with Crippen LogP contribution in [0.1, 0.15) is 68.9 Å². The second kappa shape index (κ2) is 10.9. The third-order valence-corrected chi connectivity index (χ3v) is 7.41. The van der Waals surface area contributed by atoms with E-state index in [0.717, 1.165) is 47.9 Å². The van der Waals surface area contributed by atoms with Gasteiger partial charge in [0.15, 0.2) is 0 Å². The number of fused-ring (bicyclic) bond motifs is 3. The first-order valence-corrected chi connectivity index (χ1v) is 12.6. The molecule has 4 rings (SSSR count). The number of aliphatic carboxylic acids is 1. The van der Waals surface area contributed by atoms with Gasteiger partial charge in [-0.2, -0.15) is 0 Å². The Hall–Kier alpha value is -3.35. The molecule has 0 aromatic heterocycles. The highest BCUT2D eigenvalue weighted by Crippen LogP contribution is 2.44. The maximum atomic E-state index is 13.1. The van der Waals surface area contributed by atoms with Crippen molar-refractivity contribution >= 4 is 18.0 Å². The van der Waals surface area contributed by atoms with Crippen molar-refractivity contribution in [2.45, 2.75) is 63.8 Å². The van der Waals surface area contributed by atoms with E-state index in [1.807, 2.05) is 31.2 Å². The van der Waals surface area contributed by atoms with Crippen LogP contribution in [0, 0.1) is 5.41 Å². The zero-order valence-electron chi connectivity index (χ0n) is 20.2. The molecule has 35 heavy (non-hydrogen) atoms. The molecule has 0 aliphatic heterocycles. The molecule has 2 aromatic carbocycles. The highest BCUT2D eigenvalue weighted by atomic mass is 16.5. The molecule has 1 atom stereocenters. The van der Waals surface area contributed by atoms with Crippen molar-refractivity contribution in [2.75, 3.05) is 13.2 Å². The van der Waals surface area contributed by atoms with E-state index in [9.17, 15) is 19.5 Å². The molecule has 0 saturated heterocycles. The van der Waals surface area contributed by atoms with Gasteiger partial charge in [-0.25, -0.2) is 9.59 Å². The van der Waals surface area contributed by atoms with Crippen LogP contribution in [0.25, 0.3) is 11.1 Å². The highest BCUT2D eigenvalue weighted by molar-refractivity contribution is 5.88. The summed E-state index contributed by atoms with van der Waals surface area (Å²) in [7, 11) is 0. The lowest BCUT2D eigenvalue weighted by Crippen LogP contribution is -2.51. The summed E-state index contributed by atoms with van der Waals surface area (Å²) < 4.78 is 5.62. The number of hydrogen-bond donors (Lipinski definition) is 3. The minimum absolute atomic E-state index is 0.0354. The van der Waals surface area contributed by atoms with Gasteiger partial charge in [-0.1, -0.05) is 81.1 Å². The van der Waals surface area contributed by atoms with Crippen LogP contribution in [-0.2, 0) is 14.3 Å². The standard InChI is InChI=1S/C28H34N2O5/c1-2-3-14-24(25(31)32)30-26(33)28(15-8-9-16-28)18-29-27(34)35-17-23-21-12-6-4-10-19(21)20-11-5-7-13-22(20)23/h4-7,10-13,23-24H,2-3,8-9,14-18H2,1H3,(H,29,34)(H,30,33)(H,31,32)/t24-/m0/s1. The minimum Gasteiger partial charge on any atom is -0.480 e. The predicted octanol–water partition coefficient (Wildman–Crippen LogP) is 4.85. The first kappa shape index (κ1) is 24.8. The third kappa shape index (κ3) is 5.34. The average molecular weight is 479 g/mol. The summed E-state index contributed by atoms with van der Waals surface area (Å²) in [6, 6.07) is 15.4. The molecule has 2 aliphatic carbocycles. The number of unbranched alkanes of at least 4 members (excludes halogenated alkanes) is 1. The molecule has 7 nitrogen and oxygen atoms in total. The van der Waals surface area contributed by atoms with Crippen molar-refractivity contribution in [3.05, 3.63) is 59.7 Å². The van der Waals surface area contributed by atoms with Gasteiger partial charge in [0.1, 0.15) is 12.6 Å². The van der Waals surface area contributed by atoms with Gasteiger partial charge in [0.25, 0.3) is 0 Å². The maximum Gasteiger partial charge on any atom is 0.407 e. The van der Waals surface area contributed by atoms with E-state index in [1.54, 1.807) is 0 Å². The van der Waals surface area contributed by atoms with Crippen molar-refractivity contribution in [1.82, 2.24) is 10.6 Å². The zero-order chi connectivity index (χ0) is 24.8. The van der Waals surface area contributed by atoms with Gasteiger partial charge in [0, 0.05) is 12.5 Å². The van der Waals surface area contributed by atoms with E-state index in [0.29, 0.717) is 19.3 Å². The Bertz CT molecular complexity index is 1030. The Morgan fingerprint density at radius 2 is 1.63 bits per heavy atom. The molecular weight excluding hydrogens is 444 g/mol. The summed E-state index contributed by atoms with van der Waals surface area (Å²) in [5.41, 5.74) is 3.80. The average Bonchev–Trinajstić information content (AvgIpc) is 3.47. The maximum absolute atomic E-state index is 13.1. The Kier molecular flexibility index (Phi) is 7.73. The molecule has 0 heterocycles.